The second kappa shape index (κ2) is 5.87. The zero-order valence-electron chi connectivity index (χ0n) is 10.1. The SMILES string of the molecule is C#CCC(Cc1ccccc1)(C(=O)O)C(=O)OC. The fourth-order valence-electron chi connectivity index (χ4n) is 1.76. The molecule has 94 valence electrons. The molecule has 0 heterocycles. The van der Waals surface area contributed by atoms with Crippen LogP contribution in [-0.2, 0) is 20.7 Å². The molecule has 0 spiro atoms. The highest BCUT2D eigenvalue weighted by atomic mass is 16.5. The summed E-state index contributed by atoms with van der Waals surface area (Å²) in [6.07, 6.45) is 4.99. The Hall–Kier alpha value is -2.28. The molecule has 18 heavy (non-hydrogen) atoms. The topological polar surface area (TPSA) is 63.6 Å². The van der Waals surface area contributed by atoms with Crippen LogP contribution in [-0.4, -0.2) is 24.2 Å². The van der Waals surface area contributed by atoms with Gasteiger partial charge in [0.05, 0.1) is 7.11 Å². The number of hydrogen-bond acceptors (Lipinski definition) is 3. The third kappa shape index (κ3) is 2.69. The van der Waals surface area contributed by atoms with Gasteiger partial charge in [-0.1, -0.05) is 30.3 Å². The number of carboxylic acid groups (broad SMARTS) is 1. The zero-order chi connectivity index (χ0) is 13.6. The van der Waals surface area contributed by atoms with Crippen molar-refractivity contribution >= 4 is 11.9 Å². The summed E-state index contributed by atoms with van der Waals surface area (Å²) >= 11 is 0. The van der Waals surface area contributed by atoms with Crippen molar-refractivity contribution in [2.45, 2.75) is 12.8 Å². The summed E-state index contributed by atoms with van der Waals surface area (Å²) in [4.78, 5) is 23.2. The van der Waals surface area contributed by atoms with E-state index in [1.165, 1.54) is 0 Å². The Bertz CT molecular complexity index is 472. The van der Waals surface area contributed by atoms with Crippen LogP contribution in [0, 0.1) is 17.8 Å². The van der Waals surface area contributed by atoms with Crippen LogP contribution >= 0.6 is 0 Å². The molecule has 1 rings (SSSR count). The summed E-state index contributed by atoms with van der Waals surface area (Å²) in [7, 11) is 1.15. The molecule has 0 saturated heterocycles. The summed E-state index contributed by atoms with van der Waals surface area (Å²) in [5.74, 6) is 0.154. The molecular weight excluding hydrogens is 232 g/mol. The minimum atomic E-state index is -1.72. The molecule has 4 nitrogen and oxygen atoms in total. The highest BCUT2D eigenvalue weighted by Crippen LogP contribution is 2.29. The molecule has 4 heteroatoms. The van der Waals surface area contributed by atoms with Gasteiger partial charge in [-0.3, -0.25) is 9.59 Å². The Kier molecular flexibility index (Phi) is 4.50. The highest BCUT2D eigenvalue weighted by molar-refractivity contribution is 5.99. The van der Waals surface area contributed by atoms with Gasteiger partial charge in [0.1, 0.15) is 0 Å². The Morgan fingerprint density at radius 2 is 2.00 bits per heavy atom. The summed E-state index contributed by atoms with van der Waals surface area (Å²) in [5, 5.41) is 9.32. The third-order valence-corrected chi connectivity index (χ3v) is 2.74. The predicted molar refractivity (Wildman–Crippen MR) is 65.7 cm³/mol. The van der Waals surface area contributed by atoms with Crippen molar-refractivity contribution in [1.82, 2.24) is 0 Å². The van der Waals surface area contributed by atoms with Gasteiger partial charge in [0.2, 0.25) is 0 Å². The maximum atomic E-state index is 11.8. The molecule has 1 unspecified atom stereocenters. The van der Waals surface area contributed by atoms with E-state index in [1.807, 2.05) is 6.07 Å². The number of methoxy groups -OCH3 is 1. The van der Waals surface area contributed by atoms with E-state index in [9.17, 15) is 14.7 Å². The average Bonchev–Trinajstić information content (AvgIpc) is 2.38. The van der Waals surface area contributed by atoms with Crippen molar-refractivity contribution in [3.05, 3.63) is 35.9 Å². The van der Waals surface area contributed by atoms with Crippen molar-refractivity contribution in [1.29, 1.82) is 0 Å². The molecule has 0 saturated carbocycles. The smallest absolute Gasteiger partial charge is 0.324 e. The van der Waals surface area contributed by atoms with Crippen LogP contribution in [0.1, 0.15) is 12.0 Å². The largest absolute Gasteiger partial charge is 0.480 e. The fourth-order valence-corrected chi connectivity index (χ4v) is 1.76. The van der Waals surface area contributed by atoms with Gasteiger partial charge in [0, 0.05) is 12.8 Å². The Labute approximate surface area is 106 Å². The third-order valence-electron chi connectivity index (χ3n) is 2.74. The Morgan fingerprint density at radius 3 is 2.44 bits per heavy atom. The maximum absolute atomic E-state index is 11.8. The molecule has 0 aliphatic heterocycles. The predicted octanol–water partition coefficient (Wildman–Crippen LogP) is 1.50. The van der Waals surface area contributed by atoms with E-state index in [0.29, 0.717) is 0 Å². The molecule has 1 aromatic carbocycles. The van der Waals surface area contributed by atoms with E-state index in [1.54, 1.807) is 24.3 Å². The normalized spacial score (nSPS) is 13.1. The van der Waals surface area contributed by atoms with Gasteiger partial charge in [-0.05, 0) is 5.56 Å². The monoisotopic (exact) mass is 246 g/mol. The van der Waals surface area contributed by atoms with Crippen molar-refractivity contribution in [2.24, 2.45) is 5.41 Å². The number of hydrogen-bond donors (Lipinski definition) is 1. The number of rotatable bonds is 5. The molecule has 0 radical (unpaired) electrons. The molecule has 0 aliphatic carbocycles. The molecule has 0 fully saturated rings. The second-order valence-electron chi connectivity index (χ2n) is 3.92. The number of ether oxygens (including phenoxy) is 1. The Morgan fingerprint density at radius 1 is 1.39 bits per heavy atom. The van der Waals surface area contributed by atoms with Crippen LogP contribution in [0.4, 0.5) is 0 Å². The summed E-state index contributed by atoms with van der Waals surface area (Å²) in [6.45, 7) is 0. The van der Waals surface area contributed by atoms with Crippen LogP contribution in [0.2, 0.25) is 0 Å². The fraction of sp³-hybridized carbons (Fsp3) is 0.286. The van der Waals surface area contributed by atoms with Crippen molar-refractivity contribution in [2.75, 3.05) is 7.11 Å². The average molecular weight is 246 g/mol. The maximum Gasteiger partial charge on any atom is 0.324 e. The van der Waals surface area contributed by atoms with Gasteiger partial charge in [0.15, 0.2) is 5.41 Å². The quantitative estimate of drug-likeness (QED) is 0.486. The van der Waals surface area contributed by atoms with E-state index in [0.717, 1.165) is 12.7 Å². The lowest BCUT2D eigenvalue weighted by Crippen LogP contribution is -2.42. The van der Waals surface area contributed by atoms with Crippen LogP contribution in [0.5, 0.6) is 0 Å². The summed E-state index contributed by atoms with van der Waals surface area (Å²) in [5.41, 5.74) is -0.995. The van der Waals surface area contributed by atoms with E-state index < -0.39 is 17.4 Å². The van der Waals surface area contributed by atoms with Crippen LogP contribution < -0.4 is 0 Å². The number of aliphatic carboxylic acids is 1. The van der Waals surface area contributed by atoms with Gasteiger partial charge >= 0.3 is 11.9 Å². The zero-order valence-corrected chi connectivity index (χ0v) is 10.1. The van der Waals surface area contributed by atoms with Crippen LogP contribution in [0.3, 0.4) is 0 Å². The van der Waals surface area contributed by atoms with Gasteiger partial charge in [-0.25, -0.2) is 0 Å². The van der Waals surface area contributed by atoms with E-state index in [4.69, 9.17) is 6.42 Å². The van der Waals surface area contributed by atoms with E-state index in [-0.39, 0.29) is 12.8 Å². The number of terminal acetylenes is 1. The van der Waals surface area contributed by atoms with E-state index >= 15 is 0 Å². The van der Waals surface area contributed by atoms with Crippen LogP contribution in [0.15, 0.2) is 30.3 Å². The lowest BCUT2D eigenvalue weighted by Gasteiger charge is -2.24. The number of benzene rings is 1. The molecule has 1 N–H and O–H groups in total. The number of carbonyl (C=O) groups is 2. The number of carboxylic acids is 1. The molecule has 0 aromatic heterocycles. The first-order chi connectivity index (χ1) is 8.56. The number of esters is 1. The van der Waals surface area contributed by atoms with Crippen molar-refractivity contribution in [3.63, 3.8) is 0 Å². The number of carbonyl (C=O) groups excluding carboxylic acids is 1. The lowest BCUT2D eigenvalue weighted by molar-refractivity contribution is -0.166. The minimum absolute atomic E-state index is 0.0139. The van der Waals surface area contributed by atoms with Crippen molar-refractivity contribution in [3.8, 4) is 12.3 Å². The van der Waals surface area contributed by atoms with E-state index in [2.05, 4.69) is 10.7 Å². The molecule has 1 aromatic rings. The van der Waals surface area contributed by atoms with Gasteiger partial charge in [-0.2, -0.15) is 0 Å². The minimum Gasteiger partial charge on any atom is -0.480 e. The second-order valence-corrected chi connectivity index (χ2v) is 3.92. The Balaban J connectivity index is 3.15. The lowest BCUT2D eigenvalue weighted by atomic mass is 9.79. The molecule has 0 aliphatic rings. The molecule has 0 amide bonds. The van der Waals surface area contributed by atoms with Crippen LogP contribution in [0.25, 0.3) is 0 Å². The standard InChI is InChI=1S/C14H14O4/c1-3-9-14(12(15)16,13(17)18-2)10-11-7-5-4-6-8-11/h1,4-8H,9-10H2,2H3,(H,15,16). The molecular formula is C14H14O4. The first-order valence-corrected chi connectivity index (χ1v) is 5.36. The molecule has 0 bridgehead atoms. The first-order valence-electron chi connectivity index (χ1n) is 5.36. The van der Waals surface area contributed by atoms with Crippen molar-refractivity contribution < 1.29 is 19.4 Å². The van der Waals surface area contributed by atoms with Gasteiger partial charge < -0.3 is 9.84 Å². The van der Waals surface area contributed by atoms with Gasteiger partial charge in [0.25, 0.3) is 0 Å². The highest BCUT2D eigenvalue weighted by Gasteiger charge is 2.47. The molecule has 1 atom stereocenters. The van der Waals surface area contributed by atoms with Gasteiger partial charge in [-0.15, -0.1) is 12.3 Å². The summed E-state index contributed by atoms with van der Waals surface area (Å²) < 4.78 is 4.59. The first kappa shape index (κ1) is 13.8. The summed E-state index contributed by atoms with van der Waals surface area (Å²) in [6, 6.07) is 8.85.